The summed E-state index contributed by atoms with van der Waals surface area (Å²) >= 11 is 0. The summed E-state index contributed by atoms with van der Waals surface area (Å²) in [4.78, 5) is 14.5. The summed E-state index contributed by atoms with van der Waals surface area (Å²) in [7, 11) is 0. The Bertz CT molecular complexity index is 775. The van der Waals surface area contributed by atoms with Gasteiger partial charge in [0.05, 0.1) is 18.7 Å². The number of amides is 1. The van der Waals surface area contributed by atoms with Gasteiger partial charge in [0.2, 0.25) is 5.91 Å². The van der Waals surface area contributed by atoms with E-state index in [2.05, 4.69) is 35.6 Å². The number of carbonyl (C=O) groups is 1. The quantitative estimate of drug-likeness (QED) is 0.903. The fourth-order valence-corrected chi connectivity index (χ4v) is 4.36. The molecule has 0 unspecified atom stereocenters. The zero-order valence-corrected chi connectivity index (χ0v) is 14.5. The Morgan fingerprint density at radius 3 is 2.72 bits per heavy atom. The van der Waals surface area contributed by atoms with Crippen molar-refractivity contribution in [1.82, 2.24) is 4.90 Å². The van der Waals surface area contributed by atoms with Crippen LogP contribution in [0.15, 0.2) is 48.5 Å². The highest BCUT2D eigenvalue weighted by Gasteiger charge is 2.45. The molecule has 2 aliphatic heterocycles. The lowest BCUT2D eigenvalue weighted by Gasteiger charge is -2.39. The first-order valence-electron chi connectivity index (χ1n) is 9.09. The first-order chi connectivity index (χ1) is 12.2. The van der Waals surface area contributed by atoms with Gasteiger partial charge in [0.15, 0.2) is 0 Å². The molecule has 0 aromatic heterocycles. The molecule has 2 N–H and O–H groups in total. The molecule has 2 aliphatic rings. The van der Waals surface area contributed by atoms with Gasteiger partial charge in [-0.2, -0.15) is 0 Å². The van der Waals surface area contributed by atoms with Crippen LogP contribution in [0.1, 0.15) is 31.4 Å². The molecule has 1 saturated heterocycles. The largest absolute Gasteiger partial charge is 0.394 e. The standard InChI is InChI=1S/C21H24N2O2/c1-2-20(25)23-11-10-16-19(13-24)22-18-9-8-15(12-17(18)21(16)23)14-6-4-3-5-7-14/h3-9,12,16,19,21-22,24H,2,10-11,13H2,1H3/t16-,19-,21-/m1/s1. The second kappa shape index (κ2) is 6.52. The van der Waals surface area contributed by atoms with Gasteiger partial charge in [0.1, 0.15) is 0 Å². The van der Waals surface area contributed by atoms with Crippen LogP contribution in [0.4, 0.5) is 5.69 Å². The van der Waals surface area contributed by atoms with Crippen LogP contribution in [0, 0.1) is 5.92 Å². The third kappa shape index (κ3) is 2.71. The van der Waals surface area contributed by atoms with Gasteiger partial charge in [0, 0.05) is 24.6 Å². The SMILES string of the molecule is CCC(=O)N1CC[C@@H]2[C@@H](CO)Nc3ccc(-c4ccccc4)cc3[C@@H]21. The van der Waals surface area contributed by atoms with E-state index in [9.17, 15) is 9.90 Å². The molecule has 0 radical (unpaired) electrons. The minimum Gasteiger partial charge on any atom is -0.394 e. The highest BCUT2D eigenvalue weighted by molar-refractivity contribution is 5.78. The minimum absolute atomic E-state index is 0.00901. The molecule has 4 nitrogen and oxygen atoms in total. The zero-order chi connectivity index (χ0) is 17.4. The number of hydrogen-bond donors (Lipinski definition) is 2. The second-order valence-corrected chi connectivity index (χ2v) is 6.94. The maximum absolute atomic E-state index is 12.5. The summed E-state index contributed by atoms with van der Waals surface area (Å²) in [5.41, 5.74) is 4.56. The Hall–Kier alpha value is -2.33. The highest BCUT2D eigenvalue weighted by atomic mass is 16.3. The molecule has 2 heterocycles. The maximum Gasteiger partial charge on any atom is 0.222 e. The summed E-state index contributed by atoms with van der Waals surface area (Å²) in [6, 6.07) is 16.8. The number of aliphatic hydroxyl groups is 1. The normalized spacial score (nSPS) is 24.4. The lowest BCUT2D eigenvalue weighted by molar-refractivity contribution is -0.132. The van der Waals surface area contributed by atoms with Crippen molar-refractivity contribution >= 4 is 11.6 Å². The summed E-state index contributed by atoms with van der Waals surface area (Å²) < 4.78 is 0. The van der Waals surface area contributed by atoms with Crippen LogP contribution in [0.5, 0.6) is 0 Å². The molecule has 0 saturated carbocycles. The highest BCUT2D eigenvalue weighted by Crippen LogP contribution is 2.47. The van der Waals surface area contributed by atoms with Crippen molar-refractivity contribution in [1.29, 1.82) is 0 Å². The summed E-state index contributed by atoms with van der Waals surface area (Å²) in [5, 5.41) is 13.3. The lowest BCUT2D eigenvalue weighted by atomic mass is 9.82. The van der Waals surface area contributed by atoms with Crippen molar-refractivity contribution in [3.05, 3.63) is 54.1 Å². The first-order valence-corrected chi connectivity index (χ1v) is 9.09. The van der Waals surface area contributed by atoms with E-state index < -0.39 is 0 Å². The molecule has 2 aromatic carbocycles. The molecule has 0 spiro atoms. The molecule has 0 bridgehead atoms. The molecule has 1 amide bonds. The van der Waals surface area contributed by atoms with Crippen LogP contribution in [0.3, 0.4) is 0 Å². The Morgan fingerprint density at radius 1 is 1.20 bits per heavy atom. The van der Waals surface area contributed by atoms with Crippen molar-refractivity contribution in [3.8, 4) is 11.1 Å². The Morgan fingerprint density at radius 2 is 2.00 bits per heavy atom. The van der Waals surface area contributed by atoms with E-state index >= 15 is 0 Å². The zero-order valence-electron chi connectivity index (χ0n) is 14.5. The summed E-state index contributed by atoms with van der Waals surface area (Å²) in [6.07, 6.45) is 1.46. The summed E-state index contributed by atoms with van der Waals surface area (Å²) in [5.74, 6) is 0.459. The van der Waals surface area contributed by atoms with Crippen LogP contribution in [-0.2, 0) is 4.79 Å². The molecule has 2 aromatic rings. The minimum atomic E-state index is 0.00901. The van der Waals surface area contributed by atoms with E-state index in [4.69, 9.17) is 0 Å². The Balaban J connectivity index is 1.79. The third-order valence-corrected chi connectivity index (χ3v) is 5.60. The molecule has 130 valence electrons. The van der Waals surface area contributed by atoms with E-state index in [-0.39, 0.29) is 30.5 Å². The number of carbonyl (C=O) groups excluding carboxylic acids is 1. The number of benzene rings is 2. The smallest absolute Gasteiger partial charge is 0.222 e. The lowest BCUT2D eigenvalue weighted by Crippen LogP contribution is -2.42. The number of rotatable bonds is 3. The number of fused-ring (bicyclic) bond motifs is 3. The van der Waals surface area contributed by atoms with Crippen LogP contribution >= 0.6 is 0 Å². The van der Waals surface area contributed by atoms with Gasteiger partial charge in [0.25, 0.3) is 0 Å². The predicted octanol–water partition coefficient (Wildman–Crippen LogP) is 3.44. The number of aliphatic hydroxyl groups excluding tert-OH is 1. The molecule has 4 rings (SSSR count). The average Bonchev–Trinajstić information content (AvgIpc) is 3.12. The second-order valence-electron chi connectivity index (χ2n) is 6.94. The predicted molar refractivity (Wildman–Crippen MR) is 99.2 cm³/mol. The first kappa shape index (κ1) is 16.2. The molecule has 0 aliphatic carbocycles. The fraction of sp³-hybridized carbons (Fsp3) is 0.381. The van der Waals surface area contributed by atoms with E-state index in [0.717, 1.165) is 24.2 Å². The maximum atomic E-state index is 12.5. The Kier molecular flexibility index (Phi) is 4.22. The van der Waals surface area contributed by atoms with Crippen molar-refractivity contribution in [3.63, 3.8) is 0 Å². The van der Waals surface area contributed by atoms with Crippen molar-refractivity contribution in [2.45, 2.75) is 31.8 Å². The van der Waals surface area contributed by atoms with Gasteiger partial charge in [-0.3, -0.25) is 4.79 Å². The van der Waals surface area contributed by atoms with Gasteiger partial charge in [-0.05, 0) is 35.2 Å². The fourth-order valence-electron chi connectivity index (χ4n) is 4.36. The van der Waals surface area contributed by atoms with Crippen LogP contribution < -0.4 is 5.32 Å². The van der Waals surface area contributed by atoms with Crippen molar-refractivity contribution in [2.75, 3.05) is 18.5 Å². The molecule has 1 fully saturated rings. The monoisotopic (exact) mass is 336 g/mol. The van der Waals surface area contributed by atoms with Gasteiger partial charge < -0.3 is 15.3 Å². The topological polar surface area (TPSA) is 52.6 Å². The molecule has 25 heavy (non-hydrogen) atoms. The van der Waals surface area contributed by atoms with E-state index in [1.807, 2.05) is 30.0 Å². The number of nitrogens with one attached hydrogen (secondary N) is 1. The molecule has 4 heteroatoms. The summed E-state index contributed by atoms with van der Waals surface area (Å²) in [6.45, 7) is 2.78. The number of hydrogen-bond acceptors (Lipinski definition) is 3. The van der Waals surface area contributed by atoms with Crippen LogP contribution in [0.25, 0.3) is 11.1 Å². The molecule has 3 atom stereocenters. The van der Waals surface area contributed by atoms with Gasteiger partial charge >= 0.3 is 0 Å². The van der Waals surface area contributed by atoms with Crippen LogP contribution in [-0.4, -0.2) is 35.1 Å². The van der Waals surface area contributed by atoms with Gasteiger partial charge in [-0.1, -0.05) is 43.3 Å². The van der Waals surface area contributed by atoms with E-state index in [0.29, 0.717) is 6.42 Å². The van der Waals surface area contributed by atoms with E-state index in [1.165, 1.54) is 11.1 Å². The molecular formula is C21H24N2O2. The Labute approximate surface area is 148 Å². The van der Waals surface area contributed by atoms with Crippen molar-refractivity contribution < 1.29 is 9.90 Å². The molecular weight excluding hydrogens is 312 g/mol. The number of likely N-dealkylation sites (tertiary alicyclic amines) is 1. The van der Waals surface area contributed by atoms with Crippen molar-refractivity contribution in [2.24, 2.45) is 5.92 Å². The number of nitrogens with zero attached hydrogens (tertiary/aromatic N) is 1. The van der Waals surface area contributed by atoms with E-state index in [1.54, 1.807) is 0 Å². The third-order valence-electron chi connectivity index (χ3n) is 5.60. The number of anilines is 1. The van der Waals surface area contributed by atoms with Gasteiger partial charge in [-0.25, -0.2) is 0 Å². The average molecular weight is 336 g/mol. The van der Waals surface area contributed by atoms with Gasteiger partial charge in [-0.15, -0.1) is 0 Å². The van der Waals surface area contributed by atoms with Crippen LogP contribution in [0.2, 0.25) is 0 Å².